The van der Waals surface area contributed by atoms with Gasteiger partial charge in [-0.05, 0) is 38.0 Å². The maximum Gasteiger partial charge on any atom is 0.134 e. The van der Waals surface area contributed by atoms with E-state index in [0.29, 0.717) is 0 Å². The number of hydrogen-bond acceptors (Lipinski definition) is 3. The second-order valence-electron chi connectivity index (χ2n) is 5.13. The van der Waals surface area contributed by atoms with Gasteiger partial charge in [-0.1, -0.05) is 37.3 Å². The molecule has 3 heteroatoms. The van der Waals surface area contributed by atoms with E-state index in [2.05, 4.69) is 19.1 Å². The van der Waals surface area contributed by atoms with Crippen LogP contribution in [0.25, 0.3) is 0 Å². The van der Waals surface area contributed by atoms with Crippen LogP contribution in [-0.4, -0.2) is 6.04 Å². The molecule has 2 aromatic rings. The monoisotopic (exact) mass is 273 g/mol. The predicted octanol–water partition coefficient (Wildman–Crippen LogP) is 4.14. The minimum Gasteiger partial charge on any atom is -0.464 e. The lowest BCUT2D eigenvalue weighted by Gasteiger charge is -2.25. The van der Waals surface area contributed by atoms with Crippen LogP contribution in [0, 0.1) is 6.92 Å². The van der Waals surface area contributed by atoms with E-state index in [4.69, 9.17) is 14.9 Å². The highest BCUT2D eigenvalue weighted by Gasteiger charge is 2.25. The lowest BCUT2D eigenvalue weighted by atomic mass is 10.1. The van der Waals surface area contributed by atoms with Crippen LogP contribution in [0.4, 0.5) is 0 Å². The molecule has 3 nitrogen and oxygen atoms in total. The summed E-state index contributed by atoms with van der Waals surface area (Å²) in [6.07, 6.45) is 0.597. The van der Waals surface area contributed by atoms with Gasteiger partial charge in [0.15, 0.2) is 0 Å². The number of ether oxygens (including phenoxy) is 1. The fourth-order valence-corrected chi connectivity index (χ4v) is 2.22. The van der Waals surface area contributed by atoms with E-state index in [0.717, 1.165) is 23.5 Å². The highest BCUT2D eigenvalue weighted by Crippen LogP contribution is 2.30. The molecular formula is C17H23NO2. The Balaban J connectivity index is 2.16. The van der Waals surface area contributed by atoms with Gasteiger partial charge in [0.25, 0.3) is 0 Å². The van der Waals surface area contributed by atoms with E-state index in [1.807, 2.05) is 44.2 Å². The summed E-state index contributed by atoms with van der Waals surface area (Å²) in [5.41, 5.74) is 7.34. The maximum absolute atomic E-state index is 6.20. The lowest BCUT2D eigenvalue weighted by Crippen LogP contribution is -2.30. The number of rotatable bonds is 6. The van der Waals surface area contributed by atoms with Crippen molar-refractivity contribution >= 4 is 0 Å². The molecule has 0 radical (unpaired) electrons. The summed E-state index contributed by atoms with van der Waals surface area (Å²) in [6, 6.07) is 14.0. The molecule has 20 heavy (non-hydrogen) atoms. The molecule has 2 rings (SSSR count). The smallest absolute Gasteiger partial charge is 0.134 e. The Labute approximate surface area is 120 Å². The molecule has 1 aromatic heterocycles. The Morgan fingerprint density at radius 3 is 2.40 bits per heavy atom. The molecular weight excluding hydrogens is 250 g/mol. The number of hydrogen-bond donors (Lipinski definition) is 1. The van der Waals surface area contributed by atoms with Gasteiger partial charge >= 0.3 is 0 Å². The Hall–Kier alpha value is -1.58. The van der Waals surface area contributed by atoms with Crippen LogP contribution in [0.1, 0.15) is 49.6 Å². The minimum absolute atomic E-state index is 0.0239. The summed E-state index contributed by atoms with van der Waals surface area (Å²) in [5, 5.41) is 0. The maximum atomic E-state index is 6.20. The molecule has 0 fully saturated rings. The lowest BCUT2D eigenvalue weighted by molar-refractivity contribution is -0.0314. The van der Waals surface area contributed by atoms with Crippen LogP contribution < -0.4 is 5.73 Å². The SMILES string of the molecule is CCC(N)C(OC(C)c1ccccc1)c1ccc(C)o1. The summed E-state index contributed by atoms with van der Waals surface area (Å²) in [7, 11) is 0. The number of nitrogens with two attached hydrogens (primary N) is 1. The average molecular weight is 273 g/mol. The predicted molar refractivity (Wildman–Crippen MR) is 80.4 cm³/mol. The van der Waals surface area contributed by atoms with Gasteiger partial charge in [-0.15, -0.1) is 0 Å². The van der Waals surface area contributed by atoms with Crippen molar-refractivity contribution in [1.29, 1.82) is 0 Å². The van der Waals surface area contributed by atoms with Gasteiger partial charge in [0, 0.05) is 6.04 Å². The van der Waals surface area contributed by atoms with Crippen molar-refractivity contribution in [2.45, 2.75) is 45.4 Å². The Kier molecular flexibility index (Phi) is 4.99. The van der Waals surface area contributed by atoms with Gasteiger partial charge in [0.2, 0.25) is 0 Å². The van der Waals surface area contributed by atoms with Gasteiger partial charge < -0.3 is 14.9 Å². The molecule has 0 aliphatic carbocycles. The third kappa shape index (κ3) is 3.50. The van der Waals surface area contributed by atoms with Crippen molar-refractivity contribution < 1.29 is 9.15 Å². The summed E-state index contributed by atoms with van der Waals surface area (Å²) < 4.78 is 11.9. The summed E-state index contributed by atoms with van der Waals surface area (Å²) in [6.45, 7) is 6.03. The van der Waals surface area contributed by atoms with Crippen LogP contribution in [-0.2, 0) is 4.74 Å². The third-order valence-corrected chi connectivity index (χ3v) is 3.52. The first-order valence-corrected chi connectivity index (χ1v) is 7.14. The molecule has 0 aliphatic rings. The van der Waals surface area contributed by atoms with Gasteiger partial charge in [-0.2, -0.15) is 0 Å². The summed E-state index contributed by atoms with van der Waals surface area (Å²) in [4.78, 5) is 0. The molecule has 1 heterocycles. The first kappa shape index (κ1) is 14.8. The van der Waals surface area contributed by atoms with Crippen molar-refractivity contribution in [1.82, 2.24) is 0 Å². The molecule has 0 bridgehead atoms. The van der Waals surface area contributed by atoms with Crippen molar-refractivity contribution in [3.8, 4) is 0 Å². The molecule has 0 saturated heterocycles. The second kappa shape index (κ2) is 6.73. The highest BCUT2D eigenvalue weighted by atomic mass is 16.5. The van der Waals surface area contributed by atoms with Crippen molar-refractivity contribution in [3.63, 3.8) is 0 Å². The van der Waals surface area contributed by atoms with E-state index in [9.17, 15) is 0 Å². The number of aryl methyl sites for hydroxylation is 1. The van der Waals surface area contributed by atoms with Gasteiger partial charge in [-0.3, -0.25) is 0 Å². The zero-order valence-corrected chi connectivity index (χ0v) is 12.4. The largest absolute Gasteiger partial charge is 0.464 e. The van der Waals surface area contributed by atoms with Crippen LogP contribution in [0.5, 0.6) is 0 Å². The summed E-state index contributed by atoms with van der Waals surface area (Å²) >= 11 is 0. The molecule has 0 aliphatic heterocycles. The fraction of sp³-hybridized carbons (Fsp3) is 0.412. The molecule has 3 unspecified atom stereocenters. The summed E-state index contributed by atoms with van der Waals surface area (Å²) in [5.74, 6) is 1.68. The highest BCUT2D eigenvalue weighted by molar-refractivity contribution is 5.17. The zero-order chi connectivity index (χ0) is 14.5. The molecule has 1 aromatic carbocycles. The van der Waals surface area contributed by atoms with Gasteiger partial charge in [0.1, 0.15) is 17.6 Å². The molecule has 2 N–H and O–H groups in total. The molecule has 0 spiro atoms. The van der Waals surface area contributed by atoms with Gasteiger partial charge in [-0.25, -0.2) is 0 Å². The van der Waals surface area contributed by atoms with Crippen molar-refractivity contribution in [2.24, 2.45) is 5.73 Å². The van der Waals surface area contributed by atoms with E-state index in [-0.39, 0.29) is 18.2 Å². The first-order chi connectivity index (χ1) is 9.61. The number of furan rings is 1. The third-order valence-electron chi connectivity index (χ3n) is 3.52. The van der Waals surface area contributed by atoms with Crippen molar-refractivity contribution in [3.05, 3.63) is 59.5 Å². The molecule has 3 atom stereocenters. The Morgan fingerprint density at radius 2 is 1.85 bits per heavy atom. The van der Waals surface area contributed by atoms with Crippen LogP contribution in [0.15, 0.2) is 46.9 Å². The fourth-order valence-electron chi connectivity index (χ4n) is 2.22. The second-order valence-corrected chi connectivity index (χ2v) is 5.13. The van der Waals surface area contributed by atoms with E-state index >= 15 is 0 Å². The van der Waals surface area contributed by atoms with E-state index in [1.54, 1.807) is 0 Å². The average Bonchev–Trinajstić information content (AvgIpc) is 2.91. The first-order valence-electron chi connectivity index (χ1n) is 7.14. The van der Waals surface area contributed by atoms with E-state index < -0.39 is 0 Å². The molecule has 0 amide bonds. The Morgan fingerprint density at radius 1 is 1.15 bits per heavy atom. The molecule has 108 valence electrons. The standard InChI is InChI=1S/C17H23NO2/c1-4-15(18)17(16-11-10-12(2)19-16)20-13(3)14-8-6-5-7-9-14/h5-11,13,15,17H,4,18H2,1-3H3. The molecule has 0 saturated carbocycles. The van der Waals surface area contributed by atoms with E-state index in [1.165, 1.54) is 0 Å². The topological polar surface area (TPSA) is 48.4 Å². The van der Waals surface area contributed by atoms with Gasteiger partial charge in [0.05, 0.1) is 6.10 Å². The van der Waals surface area contributed by atoms with Crippen LogP contribution in [0.2, 0.25) is 0 Å². The number of benzene rings is 1. The Bertz CT molecular complexity index is 521. The quantitative estimate of drug-likeness (QED) is 0.860. The van der Waals surface area contributed by atoms with Crippen LogP contribution >= 0.6 is 0 Å². The van der Waals surface area contributed by atoms with Crippen molar-refractivity contribution in [2.75, 3.05) is 0 Å². The van der Waals surface area contributed by atoms with Crippen LogP contribution in [0.3, 0.4) is 0 Å². The minimum atomic E-state index is -0.219. The normalized spacial score (nSPS) is 15.8. The zero-order valence-electron chi connectivity index (χ0n) is 12.4.